The van der Waals surface area contributed by atoms with E-state index in [1.807, 2.05) is 54.6 Å². The van der Waals surface area contributed by atoms with Crippen LogP contribution in [-0.2, 0) is 6.42 Å². The fourth-order valence-corrected chi connectivity index (χ4v) is 3.77. The van der Waals surface area contributed by atoms with Crippen molar-refractivity contribution in [2.75, 3.05) is 18.5 Å². The largest absolute Gasteiger partial charge is 0.494 e. The fraction of sp³-hybridized carbons (Fsp3) is 0.192. The van der Waals surface area contributed by atoms with E-state index >= 15 is 0 Å². The minimum atomic E-state index is -0.265. The lowest BCUT2D eigenvalue weighted by atomic mass is 10.0. The first-order valence-corrected chi connectivity index (χ1v) is 10.3. The van der Waals surface area contributed by atoms with Gasteiger partial charge in [-0.2, -0.15) is 0 Å². The first kappa shape index (κ1) is 19.8. The highest BCUT2D eigenvalue weighted by Crippen LogP contribution is 2.34. The molecule has 152 valence electrons. The van der Waals surface area contributed by atoms with Crippen LogP contribution >= 0.6 is 0 Å². The Morgan fingerprint density at radius 3 is 2.63 bits per heavy atom. The van der Waals surface area contributed by atoms with E-state index < -0.39 is 0 Å². The Balaban J connectivity index is 1.46. The number of hydrogen-bond donors (Lipinski definition) is 1. The molecule has 1 unspecified atom stereocenters. The Labute approximate surface area is 177 Å². The molecule has 3 aromatic rings. The Morgan fingerprint density at radius 2 is 1.80 bits per heavy atom. The van der Waals surface area contributed by atoms with Gasteiger partial charge in [0.1, 0.15) is 11.9 Å². The third-order valence-corrected chi connectivity index (χ3v) is 5.24. The van der Waals surface area contributed by atoms with Gasteiger partial charge in [-0.1, -0.05) is 60.7 Å². The van der Waals surface area contributed by atoms with Crippen LogP contribution in [0.2, 0.25) is 0 Å². The highest BCUT2D eigenvalue weighted by Gasteiger charge is 2.32. The molecule has 0 fully saturated rings. The minimum Gasteiger partial charge on any atom is -0.494 e. The van der Waals surface area contributed by atoms with E-state index in [1.54, 1.807) is 11.0 Å². The number of nitrogens with one attached hydrogen (secondary N) is 1. The molecule has 4 heteroatoms. The Hall–Kier alpha value is -3.53. The van der Waals surface area contributed by atoms with Crippen LogP contribution in [0.15, 0.2) is 91.5 Å². The molecule has 1 amide bonds. The fourth-order valence-electron chi connectivity index (χ4n) is 3.77. The summed E-state index contributed by atoms with van der Waals surface area (Å²) < 4.78 is 6.00. The third-order valence-electron chi connectivity index (χ3n) is 5.24. The monoisotopic (exact) mass is 398 g/mol. The third kappa shape index (κ3) is 4.38. The lowest BCUT2D eigenvalue weighted by molar-refractivity contribution is 0.0707. The van der Waals surface area contributed by atoms with Crippen molar-refractivity contribution in [2.45, 2.75) is 19.0 Å². The maximum absolute atomic E-state index is 13.0. The van der Waals surface area contributed by atoms with Gasteiger partial charge in [0.05, 0.1) is 12.2 Å². The van der Waals surface area contributed by atoms with Crippen molar-refractivity contribution >= 4 is 11.6 Å². The average molecular weight is 399 g/mol. The summed E-state index contributed by atoms with van der Waals surface area (Å²) in [5.41, 5.74) is 3.84. The Kier molecular flexibility index (Phi) is 6.14. The van der Waals surface area contributed by atoms with Crippen LogP contribution in [0.25, 0.3) is 0 Å². The number of ether oxygens (including phenoxy) is 1. The number of carbonyl (C=O) groups is 1. The van der Waals surface area contributed by atoms with Crippen molar-refractivity contribution in [1.82, 2.24) is 4.90 Å². The van der Waals surface area contributed by atoms with Gasteiger partial charge in [0, 0.05) is 12.2 Å². The van der Waals surface area contributed by atoms with Crippen molar-refractivity contribution in [3.8, 4) is 5.75 Å². The molecule has 4 nitrogen and oxygen atoms in total. The highest BCUT2D eigenvalue weighted by molar-refractivity contribution is 6.01. The first-order valence-electron chi connectivity index (χ1n) is 10.3. The molecule has 0 saturated carbocycles. The molecule has 30 heavy (non-hydrogen) atoms. The molecule has 1 heterocycles. The van der Waals surface area contributed by atoms with E-state index in [0.717, 1.165) is 29.8 Å². The predicted octanol–water partition coefficient (Wildman–Crippen LogP) is 5.45. The van der Waals surface area contributed by atoms with E-state index in [1.165, 1.54) is 5.56 Å². The summed E-state index contributed by atoms with van der Waals surface area (Å²) in [6.45, 7) is 4.93. The average Bonchev–Trinajstić information content (AvgIpc) is 2.79. The molecule has 1 aliphatic rings. The molecule has 1 aliphatic heterocycles. The number of amides is 1. The quantitative estimate of drug-likeness (QED) is 0.405. The van der Waals surface area contributed by atoms with Crippen molar-refractivity contribution in [3.63, 3.8) is 0 Å². The number of nitrogens with zero attached hydrogens (tertiary/aromatic N) is 1. The summed E-state index contributed by atoms with van der Waals surface area (Å²) in [6, 6.07) is 26.0. The van der Waals surface area contributed by atoms with Crippen LogP contribution in [0.4, 0.5) is 5.69 Å². The molecule has 0 aromatic heterocycles. The maximum atomic E-state index is 13.0. The number of aryl methyl sites for hydroxylation is 1. The molecule has 0 saturated heterocycles. The molecule has 0 aliphatic carbocycles. The lowest BCUT2D eigenvalue weighted by Crippen LogP contribution is -2.42. The van der Waals surface area contributed by atoms with Crippen LogP contribution in [0.3, 0.4) is 0 Å². The number of benzene rings is 3. The standard InChI is InChI=1S/C26H26N2O2/c1-2-17-28-25(27-24-16-7-6-15-23(24)26(28)29)21-13-8-14-22(19-21)30-18-9-12-20-10-4-3-5-11-20/h2-8,10-11,13-16,19,25,27H,1,9,12,17-18H2. The van der Waals surface area contributed by atoms with Gasteiger partial charge in [0.2, 0.25) is 0 Å². The predicted molar refractivity (Wildman–Crippen MR) is 121 cm³/mol. The van der Waals surface area contributed by atoms with Gasteiger partial charge < -0.3 is 15.0 Å². The number of hydrogen-bond acceptors (Lipinski definition) is 3. The first-order chi connectivity index (χ1) is 14.8. The molecule has 1 atom stereocenters. The van der Waals surface area contributed by atoms with Gasteiger partial charge >= 0.3 is 0 Å². The summed E-state index contributed by atoms with van der Waals surface area (Å²) in [5.74, 6) is 0.815. The molecule has 4 rings (SSSR count). The molecule has 0 spiro atoms. The van der Waals surface area contributed by atoms with Gasteiger partial charge in [-0.25, -0.2) is 0 Å². The van der Waals surface area contributed by atoms with E-state index in [2.05, 4.69) is 36.2 Å². The molecule has 1 N–H and O–H groups in total. The number of rotatable bonds is 8. The van der Waals surface area contributed by atoms with Crippen molar-refractivity contribution in [2.24, 2.45) is 0 Å². The highest BCUT2D eigenvalue weighted by atomic mass is 16.5. The summed E-state index contributed by atoms with van der Waals surface area (Å²) in [7, 11) is 0. The van der Waals surface area contributed by atoms with Crippen molar-refractivity contribution < 1.29 is 9.53 Å². The topological polar surface area (TPSA) is 41.6 Å². The van der Waals surface area contributed by atoms with Crippen LogP contribution in [0.1, 0.15) is 34.1 Å². The van der Waals surface area contributed by atoms with Crippen molar-refractivity contribution in [3.05, 3.63) is 108 Å². The molecule has 0 radical (unpaired) electrons. The lowest BCUT2D eigenvalue weighted by Gasteiger charge is -2.37. The van der Waals surface area contributed by atoms with Crippen LogP contribution < -0.4 is 10.1 Å². The van der Waals surface area contributed by atoms with E-state index in [4.69, 9.17) is 4.74 Å². The number of fused-ring (bicyclic) bond motifs is 1. The zero-order valence-corrected chi connectivity index (χ0v) is 17.0. The Bertz CT molecular complexity index is 1020. The van der Waals surface area contributed by atoms with E-state index in [9.17, 15) is 4.79 Å². The van der Waals surface area contributed by atoms with Crippen LogP contribution in [0, 0.1) is 0 Å². The summed E-state index contributed by atoms with van der Waals surface area (Å²) in [4.78, 5) is 14.8. The Morgan fingerprint density at radius 1 is 1.00 bits per heavy atom. The second-order valence-corrected chi connectivity index (χ2v) is 7.35. The summed E-state index contributed by atoms with van der Waals surface area (Å²) in [5, 5.41) is 3.50. The normalized spacial score (nSPS) is 15.3. The molecule has 3 aromatic carbocycles. The van der Waals surface area contributed by atoms with Gasteiger partial charge in [-0.05, 0) is 48.2 Å². The smallest absolute Gasteiger partial charge is 0.258 e. The minimum absolute atomic E-state index is 0.00318. The van der Waals surface area contributed by atoms with E-state index in [0.29, 0.717) is 18.7 Å². The van der Waals surface area contributed by atoms with Gasteiger partial charge in [-0.15, -0.1) is 6.58 Å². The van der Waals surface area contributed by atoms with E-state index in [-0.39, 0.29) is 12.1 Å². The molecule has 0 bridgehead atoms. The van der Waals surface area contributed by atoms with Gasteiger partial charge in [0.25, 0.3) is 5.91 Å². The number of anilines is 1. The van der Waals surface area contributed by atoms with Gasteiger partial charge in [-0.3, -0.25) is 4.79 Å². The maximum Gasteiger partial charge on any atom is 0.258 e. The zero-order valence-electron chi connectivity index (χ0n) is 17.0. The summed E-state index contributed by atoms with van der Waals surface area (Å²) >= 11 is 0. The second kappa shape index (κ2) is 9.31. The summed E-state index contributed by atoms with van der Waals surface area (Å²) in [6.07, 6.45) is 3.43. The van der Waals surface area contributed by atoms with Crippen LogP contribution in [0.5, 0.6) is 5.75 Å². The SMILES string of the molecule is C=CCN1C(=O)c2ccccc2NC1c1cccc(OCCCc2ccccc2)c1. The zero-order chi connectivity index (χ0) is 20.8. The second-order valence-electron chi connectivity index (χ2n) is 7.35. The van der Waals surface area contributed by atoms with Crippen molar-refractivity contribution in [1.29, 1.82) is 0 Å². The number of para-hydroxylation sites is 1. The number of carbonyl (C=O) groups excluding carboxylic acids is 1. The molecular formula is C26H26N2O2. The van der Waals surface area contributed by atoms with Gasteiger partial charge in [0.15, 0.2) is 0 Å². The van der Waals surface area contributed by atoms with Crippen LogP contribution in [-0.4, -0.2) is 24.0 Å². The molecular weight excluding hydrogens is 372 g/mol.